The number of carboxylic acids is 1. The Bertz CT molecular complexity index is 1440. The molecule has 3 N–H and O–H groups in total. The van der Waals surface area contributed by atoms with E-state index in [0.717, 1.165) is 24.0 Å². The van der Waals surface area contributed by atoms with Crippen LogP contribution in [0.5, 0.6) is 11.5 Å². The molecular weight excluding hydrogens is 652 g/mol. The molecular formula is C33H36Br2O6. The highest BCUT2D eigenvalue weighted by molar-refractivity contribution is 9.11. The van der Waals surface area contributed by atoms with Crippen LogP contribution in [0.15, 0.2) is 39.3 Å². The average Bonchev–Trinajstić information content (AvgIpc) is 3.22. The summed E-state index contributed by atoms with van der Waals surface area (Å²) in [6.45, 7) is 8.11. The van der Waals surface area contributed by atoms with Crippen molar-refractivity contribution < 1.29 is 29.6 Å². The molecule has 0 aromatic heterocycles. The summed E-state index contributed by atoms with van der Waals surface area (Å²) in [5, 5.41) is 32.9. The number of ether oxygens (including phenoxy) is 1. The van der Waals surface area contributed by atoms with Crippen LogP contribution in [-0.4, -0.2) is 27.3 Å². The summed E-state index contributed by atoms with van der Waals surface area (Å²) >= 11 is 7.72. The van der Waals surface area contributed by atoms with Gasteiger partial charge in [-0.15, -0.1) is 0 Å². The number of aromatic hydroxyl groups is 2. The van der Waals surface area contributed by atoms with Crippen molar-refractivity contribution in [3.63, 3.8) is 0 Å². The van der Waals surface area contributed by atoms with Gasteiger partial charge in [0.25, 0.3) is 0 Å². The summed E-state index contributed by atoms with van der Waals surface area (Å²) in [6.07, 6.45) is 5.32. The number of hydrogen-bond acceptors (Lipinski definition) is 5. The van der Waals surface area contributed by atoms with Crippen molar-refractivity contribution in [1.82, 2.24) is 0 Å². The molecule has 1 aliphatic rings. The van der Waals surface area contributed by atoms with Gasteiger partial charge in [-0.05, 0) is 67.1 Å². The molecule has 0 bridgehead atoms. The molecule has 41 heavy (non-hydrogen) atoms. The standard InChI is InChI=1S/C33H36Br2O6/c1-5-9-18-16-25(36)22(11-7-3)27(29(18)34)33(24-15-20(31(38)39)13-14-21(24)32(40)41-33)28-23(12-8-4)26(37)17-19(10-6-2)30(28)35/h13-17,36-37H,5-12H2,1-4H3,(H,38,39). The number of aromatic carboxylic acids is 1. The highest BCUT2D eigenvalue weighted by atomic mass is 79.9. The van der Waals surface area contributed by atoms with E-state index in [1.165, 1.54) is 18.2 Å². The largest absolute Gasteiger partial charge is 0.508 e. The van der Waals surface area contributed by atoms with Crippen LogP contribution in [0.4, 0.5) is 0 Å². The second-order valence-electron chi connectivity index (χ2n) is 10.6. The minimum atomic E-state index is -1.65. The number of esters is 1. The molecule has 0 amide bonds. The van der Waals surface area contributed by atoms with Gasteiger partial charge in [0, 0.05) is 36.8 Å². The molecule has 3 aromatic rings. The van der Waals surface area contributed by atoms with E-state index >= 15 is 0 Å². The molecule has 0 fully saturated rings. The maximum Gasteiger partial charge on any atom is 0.340 e. The third-order valence-electron chi connectivity index (χ3n) is 7.70. The normalized spacial score (nSPS) is 13.8. The first-order chi connectivity index (χ1) is 19.6. The number of hydrogen-bond donors (Lipinski definition) is 3. The van der Waals surface area contributed by atoms with Gasteiger partial charge in [-0.2, -0.15) is 0 Å². The van der Waals surface area contributed by atoms with E-state index in [1.807, 2.05) is 27.7 Å². The zero-order valence-corrected chi connectivity index (χ0v) is 27.0. The molecule has 0 atom stereocenters. The average molecular weight is 688 g/mol. The van der Waals surface area contributed by atoms with E-state index in [4.69, 9.17) is 4.74 Å². The Morgan fingerprint density at radius 3 is 1.66 bits per heavy atom. The SMILES string of the molecule is CCCc1cc(O)c(CCC)c(C2(c3c(Br)c(CCC)cc(O)c3CCC)OC(=O)c3ccc(C(=O)O)cc32)c1Br. The number of aryl methyl sites for hydroxylation is 2. The molecule has 1 heterocycles. The summed E-state index contributed by atoms with van der Waals surface area (Å²) in [5.41, 5.74) is 3.01. The van der Waals surface area contributed by atoms with Crippen LogP contribution in [-0.2, 0) is 36.0 Å². The molecule has 0 spiro atoms. The van der Waals surface area contributed by atoms with E-state index in [0.29, 0.717) is 75.3 Å². The zero-order valence-electron chi connectivity index (χ0n) is 23.9. The van der Waals surface area contributed by atoms with E-state index in [9.17, 15) is 24.9 Å². The van der Waals surface area contributed by atoms with E-state index in [1.54, 1.807) is 12.1 Å². The van der Waals surface area contributed by atoms with Gasteiger partial charge in [0.15, 0.2) is 5.60 Å². The fourth-order valence-electron chi connectivity index (χ4n) is 6.01. The van der Waals surface area contributed by atoms with Gasteiger partial charge >= 0.3 is 11.9 Å². The van der Waals surface area contributed by atoms with Gasteiger partial charge in [-0.3, -0.25) is 0 Å². The summed E-state index contributed by atoms with van der Waals surface area (Å²) in [5.74, 6) is -1.55. The first kappa shape index (κ1) is 31.1. The van der Waals surface area contributed by atoms with Crippen molar-refractivity contribution >= 4 is 43.8 Å². The van der Waals surface area contributed by atoms with Crippen molar-refractivity contribution in [2.75, 3.05) is 0 Å². The van der Waals surface area contributed by atoms with E-state index in [2.05, 4.69) is 31.9 Å². The highest BCUT2D eigenvalue weighted by Crippen LogP contribution is 2.56. The Morgan fingerprint density at radius 1 is 0.780 bits per heavy atom. The Labute approximate surface area is 258 Å². The summed E-state index contributed by atoms with van der Waals surface area (Å²) in [7, 11) is 0. The molecule has 0 aliphatic carbocycles. The maximum absolute atomic E-state index is 13.7. The lowest BCUT2D eigenvalue weighted by Gasteiger charge is -2.37. The van der Waals surface area contributed by atoms with Crippen LogP contribution in [0.25, 0.3) is 0 Å². The lowest BCUT2D eigenvalue weighted by molar-refractivity contribution is 0.0240. The highest BCUT2D eigenvalue weighted by Gasteiger charge is 2.54. The Morgan fingerprint density at radius 2 is 1.24 bits per heavy atom. The molecule has 4 rings (SSSR count). The first-order valence-corrected chi connectivity index (χ1v) is 15.8. The van der Waals surface area contributed by atoms with Crippen molar-refractivity contribution in [3.8, 4) is 11.5 Å². The lowest BCUT2D eigenvalue weighted by atomic mass is 9.73. The predicted molar refractivity (Wildman–Crippen MR) is 166 cm³/mol. The second-order valence-corrected chi connectivity index (χ2v) is 12.2. The minimum Gasteiger partial charge on any atom is -0.508 e. The third kappa shape index (κ3) is 5.29. The second kappa shape index (κ2) is 12.6. The van der Waals surface area contributed by atoms with E-state index < -0.39 is 17.5 Å². The van der Waals surface area contributed by atoms with Gasteiger partial charge in [0.2, 0.25) is 0 Å². The molecule has 0 radical (unpaired) electrons. The number of cyclic esters (lactones) is 1. The number of benzene rings is 3. The molecule has 6 nitrogen and oxygen atoms in total. The zero-order chi connectivity index (χ0) is 30.1. The number of carbonyl (C=O) groups is 2. The van der Waals surface area contributed by atoms with Gasteiger partial charge in [0.05, 0.1) is 11.1 Å². The number of carbonyl (C=O) groups excluding carboxylic acids is 1. The summed E-state index contributed by atoms with van der Waals surface area (Å²) < 4.78 is 7.91. The molecule has 218 valence electrons. The Hall–Kier alpha value is -2.84. The van der Waals surface area contributed by atoms with Gasteiger partial charge in [0.1, 0.15) is 11.5 Å². The lowest BCUT2D eigenvalue weighted by Crippen LogP contribution is -2.34. The third-order valence-corrected chi connectivity index (χ3v) is 9.51. The van der Waals surface area contributed by atoms with Gasteiger partial charge in [-0.25, -0.2) is 9.59 Å². The van der Waals surface area contributed by atoms with Gasteiger partial charge in [-0.1, -0.05) is 85.2 Å². The van der Waals surface area contributed by atoms with Crippen LogP contribution in [0, 0.1) is 0 Å². The molecule has 3 aromatic carbocycles. The Balaban J connectivity index is 2.33. The number of rotatable bonds is 11. The minimum absolute atomic E-state index is 0.00984. The van der Waals surface area contributed by atoms with Crippen molar-refractivity contribution in [2.45, 2.75) is 84.7 Å². The smallest absolute Gasteiger partial charge is 0.340 e. The number of carboxylic acid groups (broad SMARTS) is 1. The topological polar surface area (TPSA) is 104 Å². The van der Waals surface area contributed by atoms with Crippen molar-refractivity contribution in [3.05, 3.63) is 89.3 Å². The number of phenolic OH excluding ortho intramolecular Hbond substituents is 2. The molecule has 0 saturated carbocycles. The van der Waals surface area contributed by atoms with Crippen molar-refractivity contribution in [2.24, 2.45) is 0 Å². The fourth-order valence-corrected chi connectivity index (χ4v) is 7.67. The van der Waals surface area contributed by atoms with Crippen LogP contribution in [0.2, 0.25) is 0 Å². The molecule has 0 saturated heterocycles. The van der Waals surface area contributed by atoms with Crippen LogP contribution in [0.3, 0.4) is 0 Å². The molecule has 1 aliphatic heterocycles. The molecule has 8 heteroatoms. The fraction of sp³-hybridized carbons (Fsp3) is 0.394. The monoisotopic (exact) mass is 686 g/mol. The quantitative estimate of drug-likeness (QED) is 0.175. The number of fused-ring (bicyclic) bond motifs is 1. The summed E-state index contributed by atoms with van der Waals surface area (Å²) in [4.78, 5) is 25.9. The van der Waals surface area contributed by atoms with Crippen molar-refractivity contribution in [1.29, 1.82) is 0 Å². The Kier molecular flexibility index (Phi) is 9.54. The van der Waals surface area contributed by atoms with Crippen LogP contribution >= 0.6 is 31.9 Å². The van der Waals surface area contributed by atoms with Gasteiger partial charge < -0.3 is 20.1 Å². The number of halogens is 2. The first-order valence-electron chi connectivity index (χ1n) is 14.3. The molecule has 0 unspecified atom stereocenters. The maximum atomic E-state index is 13.7. The van der Waals surface area contributed by atoms with E-state index in [-0.39, 0.29) is 22.6 Å². The van der Waals surface area contributed by atoms with Crippen LogP contribution < -0.4 is 0 Å². The van der Waals surface area contributed by atoms with Crippen LogP contribution in [0.1, 0.15) is 113 Å². The number of phenols is 2. The summed E-state index contributed by atoms with van der Waals surface area (Å²) in [6, 6.07) is 7.91. The predicted octanol–water partition coefficient (Wildman–Crippen LogP) is 8.59.